The molecule has 0 saturated carbocycles. The normalized spacial score (nSPS) is 10.4. The van der Waals surface area contributed by atoms with Gasteiger partial charge in [-0.25, -0.2) is 0 Å². The van der Waals surface area contributed by atoms with E-state index in [4.69, 9.17) is 5.73 Å². The molecule has 0 spiro atoms. The molecule has 1 aromatic rings. The molecule has 0 aliphatic rings. The molecule has 0 radical (unpaired) electrons. The van der Waals surface area contributed by atoms with Crippen LogP contribution in [0, 0.1) is 0 Å². The van der Waals surface area contributed by atoms with Crippen molar-refractivity contribution in [2.24, 2.45) is 5.73 Å². The van der Waals surface area contributed by atoms with E-state index >= 15 is 0 Å². The number of alkyl halides is 2. The van der Waals surface area contributed by atoms with Crippen LogP contribution in [0.5, 0.6) is 5.75 Å². The molecule has 0 fully saturated rings. The molecule has 0 bridgehead atoms. The van der Waals surface area contributed by atoms with Gasteiger partial charge in [-0.3, -0.25) is 4.79 Å². The minimum Gasteiger partial charge on any atom is -0.435 e. The number of hydrogen-bond acceptors (Lipinski definition) is 3. The first kappa shape index (κ1) is 11.6. The molecule has 5 heteroatoms. The van der Waals surface area contributed by atoms with Gasteiger partial charge in [0.2, 0.25) is 0 Å². The first-order valence-corrected chi connectivity index (χ1v) is 4.41. The molecular formula is C10H11F2NO2. The summed E-state index contributed by atoms with van der Waals surface area (Å²) < 4.78 is 27.9. The van der Waals surface area contributed by atoms with Crippen molar-refractivity contribution >= 4 is 5.78 Å². The molecule has 0 aliphatic carbocycles. The maximum Gasteiger partial charge on any atom is 0.387 e. The van der Waals surface area contributed by atoms with Crippen LogP contribution in [0.2, 0.25) is 0 Å². The lowest BCUT2D eigenvalue weighted by molar-refractivity contribution is -0.0498. The van der Waals surface area contributed by atoms with E-state index in [-0.39, 0.29) is 24.5 Å². The monoisotopic (exact) mass is 215 g/mol. The summed E-state index contributed by atoms with van der Waals surface area (Å²) in [5, 5.41) is 0. The van der Waals surface area contributed by atoms with Crippen LogP contribution in [-0.4, -0.2) is 18.9 Å². The summed E-state index contributed by atoms with van der Waals surface area (Å²) in [5.74, 6) is -0.204. The minimum atomic E-state index is -2.88. The fraction of sp³-hybridized carbons (Fsp3) is 0.300. The Morgan fingerprint density at radius 3 is 2.80 bits per heavy atom. The van der Waals surface area contributed by atoms with Gasteiger partial charge in [0.25, 0.3) is 0 Å². The molecule has 15 heavy (non-hydrogen) atoms. The lowest BCUT2D eigenvalue weighted by atomic mass is 10.1. The van der Waals surface area contributed by atoms with Crippen molar-refractivity contribution < 1.29 is 18.3 Å². The highest BCUT2D eigenvalue weighted by Gasteiger charge is 2.08. The van der Waals surface area contributed by atoms with E-state index in [1.54, 1.807) is 0 Å². The largest absolute Gasteiger partial charge is 0.435 e. The van der Waals surface area contributed by atoms with Crippen LogP contribution >= 0.6 is 0 Å². The summed E-state index contributed by atoms with van der Waals surface area (Å²) in [5.41, 5.74) is 5.55. The molecule has 0 aromatic heterocycles. The van der Waals surface area contributed by atoms with Gasteiger partial charge in [0.05, 0.1) is 0 Å². The smallest absolute Gasteiger partial charge is 0.387 e. The number of ketones is 1. The van der Waals surface area contributed by atoms with Crippen LogP contribution in [-0.2, 0) is 0 Å². The Bertz CT molecular complexity index is 342. The number of Topliss-reactive ketones (excluding diaryl/α,β-unsaturated/α-hetero) is 1. The molecule has 0 aliphatic heterocycles. The lowest BCUT2D eigenvalue weighted by Crippen LogP contribution is -2.08. The summed E-state index contributed by atoms with van der Waals surface area (Å²) in [4.78, 5) is 11.4. The summed E-state index contributed by atoms with van der Waals surface area (Å²) in [6.07, 6.45) is 0.193. The number of benzene rings is 1. The number of rotatable bonds is 5. The first-order chi connectivity index (χ1) is 7.13. The maximum absolute atomic E-state index is 11.9. The Labute approximate surface area is 85.8 Å². The average Bonchev–Trinajstić information content (AvgIpc) is 2.17. The number of carbonyl (C=O) groups excluding carboxylic acids is 1. The van der Waals surface area contributed by atoms with Gasteiger partial charge in [0.1, 0.15) is 5.75 Å². The molecule has 82 valence electrons. The van der Waals surface area contributed by atoms with E-state index in [0.29, 0.717) is 5.56 Å². The third-order valence-corrected chi connectivity index (χ3v) is 1.75. The van der Waals surface area contributed by atoms with Crippen LogP contribution in [0.25, 0.3) is 0 Å². The Morgan fingerprint density at radius 1 is 1.47 bits per heavy atom. The van der Waals surface area contributed by atoms with Crippen LogP contribution in [0.15, 0.2) is 24.3 Å². The molecule has 0 saturated heterocycles. The summed E-state index contributed by atoms with van der Waals surface area (Å²) in [6, 6.07) is 5.67. The third kappa shape index (κ3) is 3.63. The SMILES string of the molecule is NCCC(=O)c1cccc(OC(F)F)c1. The highest BCUT2D eigenvalue weighted by molar-refractivity contribution is 5.96. The van der Waals surface area contributed by atoms with Gasteiger partial charge in [-0.2, -0.15) is 8.78 Å². The Balaban J connectivity index is 2.78. The van der Waals surface area contributed by atoms with Crippen molar-refractivity contribution in [1.29, 1.82) is 0 Å². The fourth-order valence-electron chi connectivity index (χ4n) is 1.12. The van der Waals surface area contributed by atoms with Gasteiger partial charge in [0.15, 0.2) is 5.78 Å². The standard InChI is InChI=1S/C10H11F2NO2/c11-10(12)15-8-3-1-2-7(6-8)9(14)4-5-13/h1-3,6,10H,4-5,13H2. The number of carbonyl (C=O) groups is 1. The zero-order chi connectivity index (χ0) is 11.3. The summed E-state index contributed by atoms with van der Waals surface area (Å²) >= 11 is 0. The quantitative estimate of drug-likeness (QED) is 0.762. The van der Waals surface area contributed by atoms with Crippen molar-refractivity contribution in [3.8, 4) is 5.75 Å². The first-order valence-electron chi connectivity index (χ1n) is 4.41. The van der Waals surface area contributed by atoms with E-state index in [2.05, 4.69) is 4.74 Å². The predicted molar refractivity (Wildman–Crippen MR) is 51.1 cm³/mol. The average molecular weight is 215 g/mol. The van der Waals surface area contributed by atoms with Crippen molar-refractivity contribution in [3.05, 3.63) is 29.8 Å². The van der Waals surface area contributed by atoms with Crippen molar-refractivity contribution in [2.75, 3.05) is 6.54 Å². The maximum atomic E-state index is 11.9. The molecule has 2 N–H and O–H groups in total. The van der Waals surface area contributed by atoms with Crippen molar-refractivity contribution in [2.45, 2.75) is 13.0 Å². The van der Waals surface area contributed by atoms with Gasteiger partial charge < -0.3 is 10.5 Å². The number of ether oxygens (including phenoxy) is 1. The highest BCUT2D eigenvalue weighted by atomic mass is 19.3. The van der Waals surface area contributed by atoms with Crippen molar-refractivity contribution in [3.63, 3.8) is 0 Å². The Morgan fingerprint density at radius 2 is 2.20 bits per heavy atom. The van der Waals surface area contributed by atoms with E-state index < -0.39 is 6.61 Å². The van der Waals surface area contributed by atoms with Gasteiger partial charge in [-0.05, 0) is 18.7 Å². The molecular weight excluding hydrogens is 204 g/mol. The van der Waals surface area contributed by atoms with E-state index in [9.17, 15) is 13.6 Å². The molecule has 0 unspecified atom stereocenters. The molecule has 1 rings (SSSR count). The lowest BCUT2D eigenvalue weighted by Gasteiger charge is -2.05. The predicted octanol–water partition coefficient (Wildman–Crippen LogP) is 1.82. The van der Waals surface area contributed by atoms with E-state index in [1.165, 1.54) is 24.3 Å². The van der Waals surface area contributed by atoms with Crippen LogP contribution < -0.4 is 10.5 Å². The number of hydrogen-bond donors (Lipinski definition) is 1. The Hall–Kier alpha value is -1.49. The second kappa shape index (κ2) is 5.41. The molecule has 0 atom stereocenters. The molecule has 0 heterocycles. The van der Waals surface area contributed by atoms with Gasteiger partial charge in [-0.1, -0.05) is 12.1 Å². The topological polar surface area (TPSA) is 52.3 Å². The van der Waals surface area contributed by atoms with Crippen molar-refractivity contribution in [1.82, 2.24) is 0 Å². The zero-order valence-electron chi connectivity index (χ0n) is 7.95. The van der Waals surface area contributed by atoms with Crippen LogP contribution in [0.1, 0.15) is 16.8 Å². The van der Waals surface area contributed by atoms with E-state index in [1.807, 2.05) is 0 Å². The molecule has 1 aromatic carbocycles. The fourth-order valence-corrected chi connectivity index (χ4v) is 1.12. The molecule has 0 amide bonds. The minimum absolute atomic E-state index is 0.0205. The summed E-state index contributed by atoms with van der Waals surface area (Å²) in [7, 11) is 0. The number of halogens is 2. The van der Waals surface area contributed by atoms with Gasteiger partial charge >= 0.3 is 6.61 Å². The zero-order valence-corrected chi connectivity index (χ0v) is 7.95. The highest BCUT2D eigenvalue weighted by Crippen LogP contribution is 2.16. The molecule has 3 nitrogen and oxygen atoms in total. The van der Waals surface area contributed by atoms with E-state index in [0.717, 1.165) is 0 Å². The van der Waals surface area contributed by atoms with Gasteiger partial charge in [0, 0.05) is 12.0 Å². The van der Waals surface area contributed by atoms with Crippen LogP contribution in [0.3, 0.4) is 0 Å². The second-order valence-electron chi connectivity index (χ2n) is 2.87. The van der Waals surface area contributed by atoms with Crippen LogP contribution in [0.4, 0.5) is 8.78 Å². The summed E-state index contributed by atoms with van der Waals surface area (Å²) in [6.45, 7) is -2.65. The van der Waals surface area contributed by atoms with Gasteiger partial charge in [-0.15, -0.1) is 0 Å². The third-order valence-electron chi connectivity index (χ3n) is 1.75. The number of nitrogens with two attached hydrogens (primary N) is 1. The second-order valence-corrected chi connectivity index (χ2v) is 2.87. The Kier molecular flexibility index (Phi) is 4.17.